The SMILES string of the molecule is O=C(c1cc(-c2ccccc2)on1)N1CC[C@@H]2CN(c3ncccn3)C[C@@H]2C1. The molecular formula is C21H21N5O2. The van der Waals surface area contributed by atoms with Crippen LogP contribution in [0.5, 0.6) is 0 Å². The van der Waals surface area contributed by atoms with Crippen molar-refractivity contribution >= 4 is 11.9 Å². The van der Waals surface area contributed by atoms with Crippen LogP contribution in [0.25, 0.3) is 11.3 Å². The van der Waals surface area contributed by atoms with Crippen molar-refractivity contribution in [1.29, 1.82) is 0 Å². The molecule has 0 saturated carbocycles. The monoisotopic (exact) mass is 375 g/mol. The van der Waals surface area contributed by atoms with Crippen molar-refractivity contribution in [3.63, 3.8) is 0 Å². The third-order valence-electron chi connectivity index (χ3n) is 5.71. The van der Waals surface area contributed by atoms with Gasteiger partial charge in [0, 0.05) is 50.2 Å². The number of piperidine rings is 1. The van der Waals surface area contributed by atoms with Crippen molar-refractivity contribution in [3.8, 4) is 11.3 Å². The summed E-state index contributed by atoms with van der Waals surface area (Å²) in [6.45, 7) is 3.32. The molecule has 0 bridgehead atoms. The van der Waals surface area contributed by atoms with Gasteiger partial charge in [0.2, 0.25) is 5.95 Å². The fraction of sp³-hybridized carbons (Fsp3) is 0.333. The molecule has 0 unspecified atom stereocenters. The van der Waals surface area contributed by atoms with Gasteiger partial charge in [0.05, 0.1) is 0 Å². The molecule has 142 valence electrons. The maximum atomic E-state index is 12.9. The maximum absolute atomic E-state index is 12.9. The normalized spacial score (nSPS) is 21.6. The second-order valence-electron chi connectivity index (χ2n) is 7.46. The van der Waals surface area contributed by atoms with Gasteiger partial charge in [-0.3, -0.25) is 4.79 Å². The van der Waals surface area contributed by atoms with Gasteiger partial charge in [-0.05, 0) is 24.3 Å². The number of nitrogens with zero attached hydrogens (tertiary/aromatic N) is 5. The lowest BCUT2D eigenvalue weighted by Crippen LogP contribution is -2.43. The number of likely N-dealkylation sites (tertiary alicyclic amines) is 1. The van der Waals surface area contributed by atoms with E-state index in [2.05, 4.69) is 20.0 Å². The number of hydrogen-bond donors (Lipinski definition) is 0. The van der Waals surface area contributed by atoms with E-state index in [0.717, 1.165) is 44.1 Å². The first-order chi connectivity index (χ1) is 13.8. The van der Waals surface area contributed by atoms with Gasteiger partial charge in [0.1, 0.15) is 0 Å². The van der Waals surface area contributed by atoms with Crippen LogP contribution in [0.4, 0.5) is 5.95 Å². The predicted octanol–water partition coefficient (Wildman–Crippen LogP) is 2.73. The third kappa shape index (κ3) is 3.13. The number of amides is 1. The summed E-state index contributed by atoms with van der Waals surface area (Å²) in [6.07, 6.45) is 4.53. The molecule has 0 spiro atoms. The molecule has 2 aliphatic rings. The summed E-state index contributed by atoms with van der Waals surface area (Å²) in [5.41, 5.74) is 1.29. The minimum absolute atomic E-state index is 0.0567. The number of carbonyl (C=O) groups excluding carboxylic acids is 1. The van der Waals surface area contributed by atoms with Gasteiger partial charge in [-0.25, -0.2) is 9.97 Å². The van der Waals surface area contributed by atoms with Gasteiger partial charge in [-0.15, -0.1) is 0 Å². The van der Waals surface area contributed by atoms with E-state index in [9.17, 15) is 4.79 Å². The second kappa shape index (κ2) is 7.07. The summed E-state index contributed by atoms with van der Waals surface area (Å²) in [5, 5.41) is 4.02. The van der Waals surface area contributed by atoms with Crippen molar-refractivity contribution in [1.82, 2.24) is 20.0 Å². The highest BCUT2D eigenvalue weighted by molar-refractivity contribution is 5.93. The Morgan fingerprint density at radius 1 is 1.00 bits per heavy atom. The molecule has 2 aliphatic heterocycles. The van der Waals surface area contributed by atoms with Crippen LogP contribution < -0.4 is 4.90 Å². The van der Waals surface area contributed by atoms with Crippen molar-refractivity contribution in [2.75, 3.05) is 31.1 Å². The van der Waals surface area contributed by atoms with E-state index in [-0.39, 0.29) is 5.91 Å². The van der Waals surface area contributed by atoms with E-state index >= 15 is 0 Å². The number of carbonyl (C=O) groups is 1. The highest BCUT2D eigenvalue weighted by Crippen LogP contribution is 2.33. The van der Waals surface area contributed by atoms with Gasteiger partial charge in [-0.1, -0.05) is 35.5 Å². The minimum atomic E-state index is -0.0567. The quantitative estimate of drug-likeness (QED) is 0.701. The van der Waals surface area contributed by atoms with E-state index in [1.165, 1.54) is 0 Å². The summed E-state index contributed by atoms with van der Waals surface area (Å²) in [5.74, 6) is 2.34. The first kappa shape index (κ1) is 16.9. The van der Waals surface area contributed by atoms with Crippen LogP contribution in [-0.4, -0.2) is 52.1 Å². The summed E-state index contributed by atoms with van der Waals surface area (Å²) in [6, 6.07) is 13.3. The molecule has 2 fully saturated rings. The highest BCUT2D eigenvalue weighted by Gasteiger charge is 2.39. The van der Waals surface area contributed by atoms with E-state index < -0.39 is 0 Å². The predicted molar refractivity (Wildman–Crippen MR) is 104 cm³/mol. The third-order valence-corrected chi connectivity index (χ3v) is 5.71. The van der Waals surface area contributed by atoms with Crippen LogP contribution in [0, 0.1) is 11.8 Å². The average molecular weight is 375 g/mol. The Morgan fingerprint density at radius 3 is 2.61 bits per heavy atom. The lowest BCUT2D eigenvalue weighted by atomic mass is 9.88. The van der Waals surface area contributed by atoms with Crippen molar-refractivity contribution < 1.29 is 9.32 Å². The largest absolute Gasteiger partial charge is 0.355 e. The molecule has 0 aliphatic carbocycles. The fourth-order valence-electron chi connectivity index (χ4n) is 4.25. The number of fused-ring (bicyclic) bond motifs is 1. The molecule has 28 heavy (non-hydrogen) atoms. The van der Waals surface area contributed by atoms with Gasteiger partial charge in [0.25, 0.3) is 5.91 Å². The zero-order valence-corrected chi connectivity index (χ0v) is 15.4. The Bertz CT molecular complexity index is 959. The molecule has 1 aromatic carbocycles. The standard InChI is InChI=1S/C21H21N5O2/c27-20(18-11-19(28-24-18)15-5-2-1-3-6-15)25-10-7-16-12-26(14-17(16)13-25)21-22-8-4-9-23-21/h1-6,8-9,11,16-17H,7,10,12-14H2/t16-,17+/m1/s1. The maximum Gasteiger partial charge on any atom is 0.276 e. The van der Waals surface area contributed by atoms with Crippen molar-refractivity contribution in [2.45, 2.75) is 6.42 Å². The number of benzene rings is 1. The lowest BCUT2D eigenvalue weighted by molar-refractivity contribution is 0.0632. The first-order valence-electron chi connectivity index (χ1n) is 9.61. The molecule has 4 heterocycles. The van der Waals surface area contributed by atoms with Gasteiger partial charge in [-0.2, -0.15) is 0 Å². The molecule has 0 radical (unpaired) electrons. The van der Waals surface area contributed by atoms with E-state index in [1.807, 2.05) is 41.3 Å². The van der Waals surface area contributed by atoms with E-state index in [1.54, 1.807) is 18.5 Å². The lowest BCUT2D eigenvalue weighted by Gasteiger charge is -2.33. The molecule has 1 amide bonds. The van der Waals surface area contributed by atoms with E-state index in [4.69, 9.17) is 4.52 Å². The average Bonchev–Trinajstić information content (AvgIpc) is 3.41. The van der Waals surface area contributed by atoms with Gasteiger partial charge in [0.15, 0.2) is 11.5 Å². The molecule has 2 saturated heterocycles. The summed E-state index contributed by atoms with van der Waals surface area (Å²) in [7, 11) is 0. The number of rotatable bonds is 3. The Hall–Kier alpha value is -3.22. The van der Waals surface area contributed by atoms with E-state index in [0.29, 0.717) is 23.3 Å². The molecule has 7 heteroatoms. The number of aromatic nitrogens is 3. The summed E-state index contributed by atoms with van der Waals surface area (Å²) >= 11 is 0. The van der Waals surface area contributed by atoms with Crippen molar-refractivity contribution in [3.05, 3.63) is 60.6 Å². The number of hydrogen-bond acceptors (Lipinski definition) is 6. The Labute approximate surface area is 163 Å². The van der Waals surface area contributed by atoms with Crippen LogP contribution in [0.15, 0.2) is 59.4 Å². The molecule has 2 aromatic heterocycles. The van der Waals surface area contributed by atoms with Crippen LogP contribution in [-0.2, 0) is 0 Å². The topological polar surface area (TPSA) is 75.4 Å². The Kier molecular flexibility index (Phi) is 4.27. The molecule has 2 atom stereocenters. The summed E-state index contributed by atoms with van der Waals surface area (Å²) < 4.78 is 5.40. The smallest absolute Gasteiger partial charge is 0.276 e. The second-order valence-corrected chi connectivity index (χ2v) is 7.46. The van der Waals surface area contributed by atoms with Crippen LogP contribution >= 0.6 is 0 Å². The first-order valence-corrected chi connectivity index (χ1v) is 9.61. The Morgan fingerprint density at radius 2 is 1.79 bits per heavy atom. The molecule has 3 aromatic rings. The molecule has 0 N–H and O–H groups in total. The van der Waals surface area contributed by atoms with Crippen LogP contribution in [0.2, 0.25) is 0 Å². The van der Waals surface area contributed by atoms with Crippen molar-refractivity contribution in [2.24, 2.45) is 11.8 Å². The minimum Gasteiger partial charge on any atom is -0.355 e. The van der Waals surface area contributed by atoms with Gasteiger partial charge >= 0.3 is 0 Å². The Balaban J connectivity index is 1.27. The number of anilines is 1. The fourth-order valence-corrected chi connectivity index (χ4v) is 4.25. The summed E-state index contributed by atoms with van der Waals surface area (Å²) in [4.78, 5) is 25.8. The zero-order chi connectivity index (χ0) is 18.9. The van der Waals surface area contributed by atoms with Crippen LogP contribution in [0.3, 0.4) is 0 Å². The molecule has 7 nitrogen and oxygen atoms in total. The highest BCUT2D eigenvalue weighted by atomic mass is 16.5. The van der Waals surface area contributed by atoms with Crippen LogP contribution in [0.1, 0.15) is 16.9 Å². The molecular weight excluding hydrogens is 354 g/mol. The molecule has 5 rings (SSSR count). The zero-order valence-electron chi connectivity index (χ0n) is 15.4. The van der Waals surface area contributed by atoms with Gasteiger partial charge < -0.3 is 14.3 Å².